The first-order chi connectivity index (χ1) is 8.11. The lowest BCUT2D eigenvalue weighted by atomic mass is 10.1. The Bertz CT molecular complexity index is 358. The summed E-state index contributed by atoms with van der Waals surface area (Å²) in [6, 6.07) is 7.66. The lowest BCUT2D eigenvalue weighted by molar-refractivity contribution is 0.414. The Morgan fingerprint density at radius 3 is 2.65 bits per heavy atom. The van der Waals surface area contributed by atoms with Gasteiger partial charge in [-0.25, -0.2) is 4.72 Å². The van der Waals surface area contributed by atoms with Crippen LogP contribution in [0.4, 0.5) is 0 Å². The van der Waals surface area contributed by atoms with E-state index in [-0.39, 0.29) is 5.38 Å². The largest absolute Gasteiger partial charge is 0.760 e. The SMILES string of the molecule is COc1ccc(CC(Cl)CCNS(=O)[O-])cc1. The summed E-state index contributed by atoms with van der Waals surface area (Å²) in [5.41, 5.74) is 1.11. The van der Waals surface area contributed by atoms with Crippen LogP contribution in [0.25, 0.3) is 0 Å². The molecule has 0 aromatic heterocycles. The molecule has 0 saturated heterocycles. The van der Waals surface area contributed by atoms with E-state index in [1.54, 1.807) is 7.11 Å². The smallest absolute Gasteiger partial charge is 0.118 e. The number of hydrogen-bond acceptors (Lipinski definition) is 3. The average molecular weight is 277 g/mol. The van der Waals surface area contributed by atoms with Gasteiger partial charge in [-0.1, -0.05) is 12.1 Å². The Morgan fingerprint density at radius 1 is 1.47 bits per heavy atom. The molecule has 1 aromatic carbocycles. The maximum absolute atomic E-state index is 10.2. The molecule has 1 aromatic rings. The number of alkyl halides is 1. The van der Waals surface area contributed by atoms with Gasteiger partial charge in [0.15, 0.2) is 0 Å². The second kappa shape index (κ2) is 7.66. The number of rotatable bonds is 7. The maximum atomic E-state index is 10.2. The van der Waals surface area contributed by atoms with E-state index in [9.17, 15) is 8.76 Å². The zero-order chi connectivity index (χ0) is 12.7. The van der Waals surface area contributed by atoms with Gasteiger partial charge in [0.05, 0.1) is 7.11 Å². The fourth-order valence-electron chi connectivity index (χ4n) is 1.42. The zero-order valence-corrected chi connectivity index (χ0v) is 11.1. The molecule has 2 atom stereocenters. The predicted molar refractivity (Wildman–Crippen MR) is 67.9 cm³/mol. The van der Waals surface area contributed by atoms with Gasteiger partial charge >= 0.3 is 0 Å². The van der Waals surface area contributed by atoms with Crippen LogP contribution in [0.3, 0.4) is 0 Å². The van der Waals surface area contributed by atoms with Crippen molar-refractivity contribution in [3.05, 3.63) is 29.8 Å². The quantitative estimate of drug-likeness (QED) is 0.608. The van der Waals surface area contributed by atoms with Crippen LogP contribution in [-0.2, 0) is 17.7 Å². The molecule has 96 valence electrons. The van der Waals surface area contributed by atoms with E-state index in [2.05, 4.69) is 4.72 Å². The summed E-state index contributed by atoms with van der Waals surface area (Å²) in [6.45, 7) is 0.362. The van der Waals surface area contributed by atoms with Crippen LogP contribution in [-0.4, -0.2) is 27.8 Å². The Labute approximate surface area is 109 Å². The van der Waals surface area contributed by atoms with Crippen molar-refractivity contribution in [2.45, 2.75) is 18.2 Å². The second-order valence-corrected chi connectivity index (χ2v) is 4.94. The monoisotopic (exact) mass is 276 g/mol. The molecule has 1 N–H and O–H groups in total. The summed E-state index contributed by atoms with van der Waals surface area (Å²) < 4.78 is 27.8. The van der Waals surface area contributed by atoms with Gasteiger partial charge in [0.1, 0.15) is 5.75 Å². The number of benzene rings is 1. The van der Waals surface area contributed by atoms with Crippen LogP contribution in [0.2, 0.25) is 0 Å². The molecule has 6 heteroatoms. The first-order valence-corrected chi connectivity index (χ1v) is 6.72. The Balaban J connectivity index is 2.34. The third-order valence-corrected chi connectivity index (χ3v) is 3.11. The molecule has 1 rings (SSSR count). The molecule has 0 bridgehead atoms. The van der Waals surface area contributed by atoms with Crippen molar-refractivity contribution in [1.82, 2.24) is 4.72 Å². The molecule has 0 spiro atoms. The van der Waals surface area contributed by atoms with Crippen molar-refractivity contribution >= 4 is 22.9 Å². The van der Waals surface area contributed by atoms with Gasteiger partial charge in [-0.3, -0.25) is 4.21 Å². The normalized spacial score (nSPS) is 14.3. The molecule has 0 fully saturated rings. The molecule has 0 aliphatic carbocycles. The highest BCUT2D eigenvalue weighted by atomic mass is 35.5. The number of hydrogen-bond donors (Lipinski definition) is 1. The highest BCUT2D eigenvalue weighted by molar-refractivity contribution is 7.77. The van der Waals surface area contributed by atoms with Crippen LogP contribution in [0.5, 0.6) is 5.75 Å². The molecular weight excluding hydrogens is 262 g/mol. The zero-order valence-electron chi connectivity index (χ0n) is 9.52. The van der Waals surface area contributed by atoms with Crippen molar-refractivity contribution in [2.75, 3.05) is 13.7 Å². The van der Waals surface area contributed by atoms with Crippen LogP contribution in [0.15, 0.2) is 24.3 Å². The van der Waals surface area contributed by atoms with E-state index in [0.717, 1.165) is 11.3 Å². The van der Waals surface area contributed by atoms with E-state index in [4.69, 9.17) is 16.3 Å². The van der Waals surface area contributed by atoms with Crippen LogP contribution >= 0.6 is 11.6 Å². The molecule has 0 saturated carbocycles. The van der Waals surface area contributed by atoms with Crippen molar-refractivity contribution in [3.8, 4) is 5.75 Å². The van der Waals surface area contributed by atoms with Gasteiger partial charge in [0, 0.05) is 23.2 Å². The molecule has 0 amide bonds. The van der Waals surface area contributed by atoms with Gasteiger partial charge in [-0.05, 0) is 30.5 Å². The average Bonchev–Trinajstić information content (AvgIpc) is 2.29. The number of ether oxygens (including phenoxy) is 1. The Hall–Kier alpha value is -0.620. The summed E-state index contributed by atoms with van der Waals surface area (Å²) in [6.07, 6.45) is 1.31. The molecule has 0 heterocycles. The van der Waals surface area contributed by atoms with Crippen molar-refractivity contribution in [3.63, 3.8) is 0 Å². The van der Waals surface area contributed by atoms with E-state index in [1.807, 2.05) is 24.3 Å². The van der Waals surface area contributed by atoms with Crippen LogP contribution in [0, 0.1) is 0 Å². The van der Waals surface area contributed by atoms with E-state index in [0.29, 0.717) is 19.4 Å². The van der Waals surface area contributed by atoms with Crippen LogP contribution < -0.4 is 9.46 Å². The molecule has 4 nitrogen and oxygen atoms in total. The minimum atomic E-state index is -2.21. The number of halogens is 1. The fraction of sp³-hybridized carbons (Fsp3) is 0.455. The van der Waals surface area contributed by atoms with E-state index < -0.39 is 11.3 Å². The fourth-order valence-corrected chi connectivity index (χ4v) is 1.99. The summed E-state index contributed by atoms with van der Waals surface area (Å²) in [5, 5.41) is -0.0838. The topological polar surface area (TPSA) is 61.4 Å². The Kier molecular flexibility index (Phi) is 6.50. The minimum Gasteiger partial charge on any atom is -0.760 e. The lowest BCUT2D eigenvalue weighted by Gasteiger charge is -2.11. The summed E-state index contributed by atoms with van der Waals surface area (Å²) in [4.78, 5) is 0. The molecular formula is C11H15ClNO3S-. The minimum absolute atomic E-state index is 0.0838. The van der Waals surface area contributed by atoms with Gasteiger partial charge in [-0.15, -0.1) is 11.6 Å². The molecule has 2 unspecified atom stereocenters. The van der Waals surface area contributed by atoms with Gasteiger partial charge < -0.3 is 9.29 Å². The van der Waals surface area contributed by atoms with E-state index >= 15 is 0 Å². The third-order valence-electron chi connectivity index (χ3n) is 2.29. The first-order valence-electron chi connectivity index (χ1n) is 5.21. The number of methoxy groups -OCH3 is 1. The molecule has 0 aliphatic rings. The summed E-state index contributed by atoms with van der Waals surface area (Å²) in [5.74, 6) is 0.809. The van der Waals surface area contributed by atoms with E-state index in [1.165, 1.54) is 0 Å². The van der Waals surface area contributed by atoms with Crippen molar-refractivity contribution in [1.29, 1.82) is 0 Å². The molecule has 0 radical (unpaired) electrons. The molecule has 0 aliphatic heterocycles. The van der Waals surface area contributed by atoms with Gasteiger partial charge in [-0.2, -0.15) is 0 Å². The van der Waals surface area contributed by atoms with Crippen molar-refractivity contribution < 1.29 is 13.5 Å². The summed E-state index contributed by atoms with van der Waals surface area (Å²) >= 11 is 3.89. The second-order valence-electron chi connectivity index (χ2n) is 3.57. The summed E-state index contributed by atoms with van der Waals surface area (Å²) in [7, 11) is 1.62. The standard InChI is InChI=1S/C11H16ClNO3S/c1-16-11-4-2-9(3-5-11)8-10(12)6-7-13-17(14)15/h2-5,10,13H,6-8H2,1H3,(H,14,15)/p-1. The van der Waals surface area contributed by atoms with Crippen molar-refractivity contribution in [2.24, 2.45) is 0 Å². The lowest BCUT2D eigenvalue weighted by Crippen LogP contribution is -2.21. The highest BCUT2D eigenvalue weighted by Crippen LogP contribution is 2.15. The predicted octanol–water partition coefficient (Wildman–Crippen LogP) is 1.62. The van der Waals surface area contributed by atoms with Gasteiger partial charge in [0.2, 0.25) is 0 Å². The van der Waals surface area contributed by atoms with Crippen LogP contribution in [0.1, 0.15) is 12.0 Å². The Morgan fingerprint density at radius 2 is 2.12 bits per heavy atom. The highest BCUT2D eigenvalue weighted by Gasteiger charge is 2.05. The third kappa shape index (κ3) is 6.02. The van der Waals surface area contributed by atoms with Gasteiger partial charge in [0.25, 0.3) is 0 Å². The first kappa shape index (κ1) is 14.4. The number of nitrogens with one attached hydrogen (secondary N) is 1. The molecule has 17 heavy (non-hydrogen) atoms. The maximum Gasteiger partial charge on any atom is 0.118 e.